The number of benzene rings is 4. The molecule has 2 N–H and O–H groups in total. The van der Waals surface area contributed by atoms with Crippen LogP contribution in [-0.2, 0) is 23.2 Å². The van der Waals surface area contributed by atoms with Gasteiger partial charge >= 0.3 is 5.88 Å². The predicted octanol–water partition coefficient (Wildman–Crippen LogP) is 6.27. The fraction of sp³-hybridized carbons (Fsp3) is 0.184. The van der Waals surface area contributed by atoms with Gasteiger partial charge in [-0.1, -0.05) is 24.3 Å². The molecule has 0 spiro atoms. The molecule has 1 fully saturated rings. The van der Waals surface area contributed by atoms with Crippen molar-refractivity contribution in [1.82, 2.24) is 15.2 Å². The number of nitrogens with one attached hydrogen (secondary N) is 2. The van der Waals surface area contributed by atoms with Crippen LogP contribution in [0.1, 0.15) is 35.0 Å². The third-order valence-corrected chi connectivity index (χ3v) is 10.0. The molecule has 1 saturated heterocycles. The Morgan fingerprint density at radius 3 is 2.48 bits per heavy atom. The van der Waals surface area contributed by atoms with Gasteiger partial charge in [-0.25, -0.2) is 4.98 Å². The number of carbonyl (C=O) groups excluding carboxylic acids is 3. The van der Waals surface area contributed by atoms with E-state index in [-0.39, 0.29) is 35.8 Å². The summed E-state index contributed by atoms with van der Waals surface area (Å²) in [4.78, 5) is 48.6. The van der Waals surface area contributed by atoms with Crippen LogP contribution in [0.5, 0.6) is 5.75 Å². The molecule has 1 unspecified atom stereocenters. The highest BCUT2D eigenvalue weighted by atomic mass is 32.1. The molecule has 262 valence electrons. The number of rotatable bonds is 11. The van der Waals surface area contributed by atoms with E-state index >= 15 is 0 Å². The summed E-state index contributed by atoms with van der Waals surface area (Å²) in [7, 11) is 1.66. The SMILES string of the molecule is CCOc1ccc(N2C(=O)C(CC(=O)Nc3ccc(-c4nc5ccc(C)cc5s4)cc3)N(Cc3c(NC(=O)c4ccccc4)on[n+]3C)C2=S)cc1. The molecule has 4 aromatic carbocycles. The van der Waals surface area contributed by atoms with E-state index in [4.69, 9.17) is 26.5 Å². The Bertz CT molecular complexity index is 2290. The Balaban J connectivity index is 1.12. The first kappa shape index (κ1) is 34.5. The molecule has 12 nitrogen and oxygen atoms in total. The Kier molecular flexibility index (Phi) is 9.74. The van der Waals surface area contributed by atoms with Crippen molar-refractivity contribution in [3.05, 3.63) is 114 Å². The van der Waals surface area contributed by atoms with E-state index in [1.54, 1.807) is 71.8 Å². The van der Waals surface area contributed by atoms with E-state index in [0.717, 1.165) is 20.8 Å². The molecule has 0 bridgehead atoms. The van der Waals surface area contributed by atoms with Gasteiger partial charge in [0.2, 0.25) is 11.2 Å². The Hall–Kier alpha value is -5.99. The first-order chi connectivity index (χ1) is 25.2. The molecule has 2 aromatic heterocycles. The molecule has 1 aliphatic heterocycles. The summed E-state index contributed by atoms with van der Waals surface area (Å²) in [6.07, 6.45) is -0.202. The summed E-state index contributed by atoms with van der Waals surface area (Å²) in [6, 6.07) is 28.3. The lowest BCUT2D eigenvalue weighted by Crippen LogP contribution is -2.43. The van der Waals surface area contributed by atoms with Gasteiger partial charge in [0.25, 0.3) is 17.5 Å². The van der Waals surface area contributed by atoms with E-state index in [0.29, 0.717) is 35.0 Å². The molecular weight excluding hydrogens is 699 g/mol. The van der Waals surface area contributed by atoms with Gasteiger partial charge in [0.15, 0.2) is 12.2 Å². The number of hydrogen-bond donors (Lipinski definition) is 2. The maximum Gasteiger partial charge on any atom is 0.307 e. The standard InChI is InChI=1S/C38H33N7O5S2/c1-4-49-28-17-15-27(16-18-28)45-37(48)30(44(38(45)51)22-31-35(50-42-43(31)3)41-34(47)24-8-6-5-7-9-24)21-33(46)39-26-13-11-25(12-14-26)36-40-29-19-10-23(2)20-32(29)52-36/h5-20,30H,4,21-22H2,1-3H3,(H-,39,40,41,42,46,47)/p+1. The topological polar surface area (TPSA) is 134 Å². The van der Waals surface area contributed by atoms with Gasteiger partial charge in [-0.15, -0.1) is 11.3 Å². The van der Waals surface area contributed by atoms with Crippen LogP contribution in [-0.4, -0.2) is 50.6 Å². The predicted molar refractivity (Wildman–Crippen MR) is 202 cm³/mol. The van der Waals surface area contributed by atoms with Crippen molar-refractivity contribution in [3.8, 4) is 16.3 Å². The minimum Gasteiger partial charge on any atom is -0.494 e. The number of ether oxygens (including phenoxy) is 1. The van der Waals surface area contributed by atoms with E-state index in [2.05, 4.69) is 28.9 Å². The highest BCUT2D eigenvalue weighted by Gasteiger charge is 2.46. The van der Waals surface area contributed by atoms with Crippen LogP contribution in [0.4, 0.5) is 17.3 Å². The lowest BCUT2D eigenvalue weighted by molar-refractivity contribution is -0.746. The van der Waals surface area contributed by atoms with Crippen LogP contribution in [0.3, 0.4) is 0 Å². The van der Waals surface area contributed by atoms with Crippen molar-refractivity contribution in [2.75, 3.05) is 22.1 Å². The van der Waals surface area contributed by atoms with Crippen LogP contribution in [0.25, 0.3) is 20.8 Å². The Morgan fingerprint density at radius 2 is 1.75 bits per heavy atom. The smallest absolute Gasteiger partial charge is 0.307 e. The zero-order valence-corrected chi connectivity index (χ0v) is 30.2. The number of fused-ring (bicyclic) bond motifs is 1. The van der Waals surface area contributed by atoms with Gasteiger partial charge in [-0.3, -0.25) is 29.1 Å². The van der Waals surface area contributed by atoms with Crippen molar-refractivity contribution in [1.29, 1.82) is 0 Å². The second kappa shape index (κ2) is 14.7. The highest BCUT2D eigenvalue weighted by Crippen LogP contribution is 2.33. The molecule has 0 saturated carbocycles. The van der Waals surface area contributed by atoms with Crippen molar-refractivity contribution in [2.45, 2.75) is 32.9 Å². The minimum absolute atomic E-state index is 0.0108. The number of amides is 3. The van der Waals surface area contributed by atoms with Gasteiger partial charge in [0, 0.05) is 16.8 Å². The summed E-state index contributed by atoms with van der Waals surface area (Å²) in [6.45, 7) is 4.45. The van der Waals surface area contributed by atoms with E-state index in [1.165, 1.54) is 15.1 Å². The molecule has 6 aromatic rings. The van der Waals surface area contributed by atoms with Crippen molar-refractivity contribution < 1.29 is 28.3 Å². The molecule has 1 atom stereocenters. The van der Waals surface area contributed by atoms with Crippen molar-refractivity contribution in [2.24, 2.45) is 7.05 Å². The fourth-order valence-corrected chi connectivity index (χ4v) is 7.35. The van der Waals surface area contributed by atoms with Gasteiger partial charge < -0.3 is 15.0 Å². The molecule has 3 amide bonds. The van der Waals surface area contributed by atoms with Crippen LogP contribution in [0.2, 0.25) is 0 Å². The second-order valence-electron chi connectivity index (χ2n) is 12.1. The zero-order chi connectivity index (χ0) is 36.4. The van der Waals surface area contributed by atoms with Gasteiger partial charge in [0.05, 0.1) is 28.9 Å². The van der Waals surface area contributed by atoms with E-state index < -0.39 is 11.9 Å². The molecule has 14 heteroatoms. The Labute approximate surface area is 308 Å². The first-order valence-electron chi connectivity index (χ1n) is 16.5. The van der Waals surface area contributed by atoms with Gasteiger partial charge in [-0.2, -0.15) is 0 Å². The average Bonchev–Trinajstić information content (AvgIpc) is 3.79. The summed E-state index contributed by atoms with van der Waals surface area (Å²) in [5.74, 6) is -0.404. The molecule has 1 aliphatic rings. The molecular formula is C38H34N7O5S2+. The number of anilines is 3. The Morgan fingerprint density at radius 1 is 1.00 bits per heavy atom. The molecule has 0 radical (unpaired) electrons. The van der Waals surface area contributed by atoms with E-state index in [1.807, 2.05) is 49.4 Å². The highest BCUT2D eigenvalue weighted by molar-refractivity contribution is 7.80. The lowest BCUT2D eigenvalue weighted by Gasteiger charge is -2.22. The summed E-state index contributed by atoms with van der Waals surface area (Å²) < 4.78 is 13.6. The van der Waals surface area contributed by atoms with Crippen molar-refractivity contribution >= 4 is 73.9 Å². The molecule has 52 heavy (non-hydrogen) atoms. The number of nitrogens with zero attached hydrogens (tertiary/aromatic N) is 5. The third-order valence-electron chi connectivity index (χ3n) is 8.55. The maximum atomic E-state index is 14.1. The first-order valence-corrected chi connectivity index (χ1v) is 17.8. The van der Waals surface area contributed by atoms with Gasteiger partial charge in [-0.05, 0) is 109 Å². The average molecular weight is 733 g/mol. The van der Waals surface area contributed by atoms with Crippen LogP contribution < -0.4 is 25.0 Å². The maximum absolute atomic E-state index is 14.1. The zero-order valence-electron chi connectivity index (χ0n) is 28.5. The lowest BCUT2D eigenvalue weighted by atomic mass is 10.1. The molecule has 3 heterocycles. The quantitative estimate of drug-likeness (QED) is 0.117. The second-order valence-corrected chi connectivity index (χ2v) is 13.5. The number of thiocarbonyl (C=S) groups is 1. The van der Waals surface area contributed by atoms with Crippen LogP contribution in [0.15, 0.2) is 102 Å². The third kappa shape index (κ3) is 7.11. The molecule has 7 rings (SSSR count). The number of carbonyl (C=O) groups is 3. The van der Waals surface area contributed by atoms with Crippen molar-refractivity contribution in [3.63, 3.8) is 0 Å². The summed E-state index contributed by atoms with van der Waals surface area (Å²) in [5.41, 5.74) is 5.02. The number of hydrogen-bond acceptors (Lipinski definition) is 9. The van der Waals surface area contributed by atoms with Gasteiger partial charge in [0.1, 0.15) is 23.3 Å². The van der Waals surface area contributed by atoms with Crippen LogP contribution >= 0.6 is 23.6 Å². The number of aryl methyl sites for hydroxylation is 2. The normalized spacial score (nSPS) is 14.2. The largest absolute Gasteiger partial charge is 0.494 e. The monoisotopic (exact) mass is 732 g/mol. The summed E-state index contributed by atoms with van der Waals surface area (Å²) >= 11 is 7.51. The summed E-state index contributed by atoms with van der Waals surface area (Å²) in [5, 5.41) is 10.8. The van der Waals surface area contributed by atoms with E-state index in [9.17, 15) is 14.4 Å². The molecule has 0 aliphatic carbocycles. The number of thiazole rings is 1. The number of aromatic nitrogens is 3. The fourth-order valence-electron chi connectivity index (χ4n) is 5.89. The minimum atomic E-state index is -0.975. The van der Waals surface area contributed by atoms with Crippen LogP contribution in [0, 0.1) is 6.92 Å².